The van der Waals surface area contributed by atoms with Crippen molar-refractivity contribution in [1.82, 2.24) is 14.9 Å². The predicted molar refractivity (Wildman–Crippen MR) is 120 cm³/mol. The van der Waals surface area contributed by atoms with E-state index in [1.54, 1.807) is 31.5 Å². The lowest BCUT2D eigenvalue weighted by atomic mass is 10.1. The van der Waals surface area contributed by atoms with Crippen molar-refractivity contribution in [2.75, 3.05) is 44.8 Å². The first-order chi connectivity index (χ1) is 15.2. The molecule has 3 aromatic rings. The lowest BCUT2D eigenvalue weighted by Gasteiger charge is -2.35. The Kier molecular flexibility index (Phi) is 6.31. The molecule has 4 rings (SSSR count). The molecule has 1 aliphatic rings. The minimum atomic E-state index is -0.00587. The Morgan fingerprint density at radius 1 is 1.00 bits per heavy atom. The Bertz CT molecular complexity index is 1030. The first kappa shape index (κ1) is 20.7. The zero-order chi connectivity index (χ0) is 21.6. The molecule has 7 nitrogen and oxygen atoms in total. The molecule has 0 bridgehead atoms. The van der Waals surface area contributed by atoms with E-state index < -0.39 is 0 Å². The quantitative estimate of drug-likeness (QED) is 0.610. The molecule has 7 heteroatoms. The Morgan fingerprint density at radius 3 is 2.48 bits per heavy atom. The second kappa shape index (κ2) is 9.47. The van der Waals surface area contributed by atoms with Crippen LogP contribution in [0.1, 0.15) is 17.3 Å². The van der Waals surface area contributed by atoms with E-state index in [9.17, 15) is 4.79 Å². The largest absolute Gasteiger partial charge is 0.493 e. The molecule has 160 valence electrons. The van der Waals surface area contributed by atoms with Gasteiger partial charge in [-0.25, -0.2) is 9.97 Å². The fraction of sp³-hybridized carbons (Fsp3) is 0.292. The highest BCUT2D eigenvalue weighted by Crippen LogP contribution is 2.29. The van der Waals surface area contributed by atoms with Gasteiger partial charge < -0.3 is 19.3 Å². The number of nitrogens with zero attached hydrogens (tertiary/aromatic N) is 4. The van der Waals surface area contributed by atoms with Crippen LogP contribution in [0.4, 0.5) is 5.82 Å². The maximum absolute atomic E-state index is 13.0. The van der Waals surface area contributed by atoms with Crippen LogP contribution < -0.4 is 14.4 Å². The van der Waals surface area contributed by atoms with Crippen molar-refractivity contribution in [3.05, 3.63) is 66.4 Å². The van der Waals surface area contributed by atoms with Crippen molar-refractivity contribution in [2.45, 2.75) is 6.92 Å². The summed E-state index contributed by atoms with van der Waals surface area (Å²) in [6.07, 6.45) is 1.79. The first-order valence-corrected chi connectivity index (χ1v) is 10.4. The van der Waals surface area contributed by atoms with Crippen LogP contribution in [-0.2, 0) is 0 Å². The van der Waals surface area contributed by atoms with E-state index in [2.05, 4.69) is 9.88 Å². The topological polar surface area (TPSA) is 67.8 Å². The van der Waals surface area contributed by atoms with E-state index in [1.165, 1.54) is 0 Å². The number of anilines is 1. The number of carbonyl (C=O) groups excluding carboxylic acids is 1. The van der Waals surface area contributed by atoms with Gasteiger partial charge in [-0.3, -0.25) is 4.79 Å². The number of methoxy groups -OCH3 is 1. The zero-order valence-corrected chi connectivity index (χ0v) is 17.8. The van der Waals surface area contributed by atoms with Crippen molar-refractivity contribution in [1.29, 1.82) is 0 Å². The highest BCUT2D eigenvalue weighted by atomic mass is 16.5. The van der Waals surface area contributed by atoms with Crippen LogP contribution in [0.5, 0.6) is 11.5 Å². The van der Waals surface area contributed by atoms with Crippen LogP contribution in [0.15, 0.2) is 60.8 Å². The van der Waals surface area contributed by atoms with Gasteiger partial charge in [-0.2, -0.15) is 0 Å². The van der Waals surface area contributed by atoms with Gasteiger partial charge >= 0.3 is 0 Å². The maximum Gasteiger partial charge on any atom is 0.254 e. The predicted octanol–water partition coefficient (Wildman–Crippen LogP) is 3.51. The van der Waals surface area contributed by atoms with Crippen LogP contribution in [0.3, 0.4) is 0 Å². The molecule has 1 amide bonds. The van der Waals surface area contributed by atoms with E-state index in [4.69, 9.17) is 14.5 Å². The van der Waals surface area contributed by atoms with Gasteiger partial charge in [0.15, 0.2) is 17.3 Å². The van der Waals surface area contributed by atoms with E-state index >= 15 is 0 Å². The van der Waals surface area contributed by atoms with Crippen LogP contribution in [-0.4, -0.2) is 60.7 Å². The molecule has 1 saturated heterocycles. The highest BCUT2D eigenvalue weighted by molar-refractivity contribution is 5.95. The number of ether oxygens (including phenoxy) is 2. The van der Waals surface area contributed by atoms with Gasteiger partial charge in [0.25, 0.3) is 5.91 Å². The summed E-state index contributed by atoms with van der Waals surface area (Å²) in [5.41, 5.74) is 1.59. The van der Waals surface area contributed by atoms with Crippen LogP contribution in [0, 0.1) is 0 Å². The van der Waals surface area contributed by atoms with Gasteiger partial charge in [-0.1, -0.05) is 30.3 Å². The summed E-state index contributed by atoms with van der Waals surface area (Å²) < 4.78 is 10.9. The van der Waals surface area contributed by atoms with Gasteiger partial charge in [0, 0.05) is 43.5 Å². The summed E-state index contributed by atoms with van der Waals surface area (Å²) in [7, 11) is 1.58. The monoisotopic (exact) mass is 418 g/mol. The molecule has 0 N–H and O–H groups in total. The van der Waals surface area contributed by atoms with Crippen molar-refractivity contribution in [2.24, 2.45) is 0 Å². The van der Waals surface area contributed by atoms with Gasteiger partial charge in [-0.05, 0) is 31.2 Å². The SMILES string of the molecule is CCOc1ccc(C(=O)N2CCN(c3ccnc(-c4ccccc4)n3)CC2)cc1OC. The summed E-state index contributed by atoms with van der Waals surface area (Å²) >= 11 is 0. The molecule has 2 aromatic carbocycles. The third kappa shape index (κ3) is 4.60. The third-order valence-electron chi connectivity index (χ3n) is 5.27. The Morgan fingerprint density at radius 2 is 1.77 bits per heavy atom. The Labute approximate surface area is 182 Å². The molecule has 0 spiro atoms. The lowest BCUT2D eigenvalue weighted by Crippen LogP contribution is -2.49. The van der Waals surface area contributed by atoms with E-state index in [0.29, 0.717) is 55.7 Å². The molecule has 0 saturated carbocycles. The third-order valence-corrected chi connectivity index (χ3v) is 5.27. The number of hydrogen-bond donors (Lipinski definition) is 0. The minimum Gasteiger partial charge on any atom is -0.493 e. The second-order valence-corrected chi connectivity index (χ2v) is 7.18. The van der Waals surface area contributed by atoms with Gasteiger partial charge in [-0.15, -0.1) is 0 Å². The molecule has 2 heterocycles. The number of benzene rings is 2. The summed E-state index contributed by atoms with van der Waals surface area (Å²) in [5, 5.41) is 0. The van der Waals surface area contributed by atoms with Gasteiger partial charge in [0.1, 0.15) is 5.82 Å². The number of rotatable bonds is 6. The lowest BCUT2D eigenvalue weighted by molar-refractivity contribution is 0.0746. The summed E-state index contributed by atoms with van der Waals surface area (Å²) in [6.45, 7) is 5.13. The van der Waals surface area contributed by atoms with Gasteiger partial charge in [0.2, 0.25) is 0 Å². The van der Waals surface area contributed by atoms with Crippen molar-refractivity contribution in [3.63, 3.8) is 0 Å². The molecule has 0 atom stereocenters. The molecule has 1 aromatic heterocycles. The van der Waals surface area contributed by atoms with Crippen molar-refractivity contribution >= 4 is 11.7 Å². The first-order valence-electron chi connectivity index (χ1n) is 10.4. The average molecular weight is 418 g/mol. The fourth-order valence-corrected chi connectivity index (χ4v) is 3.65. The molecule has 0 radical (unpaired) electrons. The minimum absolute atomic E-state index is 0.00587. The van der Waals surface area contributed by atoms with Gasteiger partial charge in [0.05, 0.1) is 13.7 Å². The van der Waals surface area contributed by atoms with E-state index in [1.807, 2.05) is 48.2 Å². The van der Waals surface area contributed by atoms with E-state index in [0.717, 1.165) is 11.4 Å². The number of amides is 1. The second-order valence-electron chi connectivity index (χ2n) is 7.18. The van der Waals surface area contributed by atoms with Crippen LogP contribution in [0.2, 0.25) is 0 Å². The summed E-state index contributed by atoms with van der Waals surface area (Å²) in [6, 6.07) is 17.2. The normalized spacial score (nSPS) is 13.7. The van der Waals surface area contributed by atoms with Crippen molar-refractivity contribution < 1.29 is 14.3 Å². The average Bonchev–Trinajstić information content (AvgIpc) is 2.85. The maximum atomic E-state index is 13.0. The molecule has 1 fully saturated rings. The molecule has 0 aliphatic carbocycles. The number of aromatic nitrogens is 2. The zero-order valence-electron chi connectivity index (χ0n) is 17.8. The standard InChI is InChI=1S/C24H26N4O3/c1-3-31-20-10-9-19(17-21(20)30-2)24(29)28-15-13-27(14-16-28)22-11-12-25-23(26-22)18-7-5-4-6-8-18/h4-12,17H,3,13-16H2,1-2H3. The molecule has 0 unspecified atom stereocenters. The smallest absolute Gasteiger partial charge is 0.254 e. The molecular weight excluding hydrogens is 392 g/mol. The molecule has 1 aliphatic heterocycles. The Hall–Kier alpha value is -3.61. The molecular formula is C24H26N4O3. The summed E-state index contributed by atoms with van der Waals surface area (Å²) in [4.78, 5) is 26.2. The Balaban J connectivity index is 1.43. The molecule has 31 heavy (non-hydrogen) atoms. The van der Waals surface area contributed by atoms with Crippen LogP contribution in [0.25, 0.3) is 11.4 Å². The van der Waals surface area contributed by atoms with E-state index in [-0.39, 0.29) is 5.91 Å². The number of piperazine rings is 1. The number of hydrogen-bond acceptors (Lipinski definition) is 6. The van der Waals surface area contributed by atoms with Crippen molar-refractivity contribution in [3.8, 4) is 22.9 Å². The number of carbonyl (C=O) groups is 1. The fourth-order valence-electron chi connectivity index (χ4n) is 3.65. The van der Waals surface area contributed by atoms with Crippen LogP contribution >= 0.6 is 0 Å². The highest BCUT2D eigenvalue weighted by Gasteiger charge is 2.24. The summed E-state index contributed by atoms with van der Waals surface area (Å²) in [5.74, 6) is 2.79.